The van der Waals surface area contributed by atoms with E-state index < -0.39 is 0 Å². The number of hydrogen-bond donors (Lipinski definition) is 1. The molecule has 1 N–H and O–H groups in total. The number of furan rings is 1. The Morgan fingerprint density at radius 2 is 2.40 bits per heavy atom. The normalized spacial score (nSPS) is 17.1. The van der Waals surface area contributed by atoms with Crippen molar-refractivity contribution in [3.8, 4) is 0 Å². The van der Waals surface area contributed by atoms with Gasteiger partial charge in [-0.3, -0.25) is 9.36 Å². The third-order valence-electron chi connectivity index (χ3n) is 4.60. The van der Waals surface area contributed by atoms with Crippen LogP contribution in [0.15, 0.2) is 32.8 Å². The highest BCUT2D eigenvalue weighted by molar-refractivity contribution is 7.99. The molecule has 3 aromatic heterocycles. The maximum absolute atomic E-state index is 13.3. The van der Waals surface area contributed by atoms with Gasteiger partial charge in [-0.25, -0.2) is 4.98 Å². The van der Waals surface area contributed by atoms with Gasteiger partial charge in [-0.2, -0.15) is 0 Å². The van der Waals surface area contributed by atoms with Crippen LogP contribution in [0.2, 0.25) is 0 Å². The van der Waals surface area contributed by atoms with Crippen LogP contribution in [0.5, 0.6) is 0 Å². The Morgan fingerprint density at radius 3 is 3.16 bits per heavy atom. The van der Waals surface area contributed by atoms with Crippen LogP contribution in [-0.2, 0) is 19.4 Å². The number of hydrogen-bond acceptors (Lipinski definition) is 6. The minimum absolute atomic E-state index is 0.00823. The first-order valence-electron chi connectivity index (χ1n) is 8.48. The number of thiophene rings is 1. The summed E-state index contributed by atoms with van der Waals surface area (Å²) in [7, 11) is 0. The van der Waals surface area contributed by atoms with Crippen molar-refractivity contribution in [1.29, 1.82) is 0 Å². The fourth-order valence-electron chi connectivity index (χ4n) is 3.35. The molecule has 3 aromatic rings. The van der Waals surface area contributed by atoms with Gasteiger partial charge in [-0.05, 0) is 42.9 Å². The van der Waals surface area contributed by atoms with Crippen LogP contribution >= 0.6 is 23.1 Å². The Hall–Kier alpha value is -1.57. The summed E-state index contributed by atoms with van der Waals surface area (Å²) in [5.41, 5.74) is 1.20. The quantitative estimate of drug-likeness (QED) is 0.547. The first-order chi connectivity index (χ1) is 12.2. The van der Waals surface area contributed by atoms with E-state index in [9.17, 15) is 4.79 Å². The van der Waals surface area contributed by atoms with E-state index in [0.29, 0.717) is 23.4 Å². The number of fused-ring (bicyclic) bond motifs is 3. The minimum atomic E-state index is 0.00823. The number of thioether (sulfide) groups is 1. The molecule has 7 heteroatoms. The molecule has 0 saturated heterocycles. The summed E-state index contributed by atoms with van der Waals surface area (Å²) in [4.78, 5) is 20.2. The lowest BCUT2D eigenvalue weighted by molar-refractivity contribution is 0.322. The van der Waals surface area contributed by atoms with Crippen LogP contribution in [0.1, 0.15) is 29.5 Å². The van der Waals surface area contributed by atoms with Gasteiger partial charge in [0.25, 0.3) is 5.56 Å². The highest BCUT2D eigenvalue weighted by atomic mass is 32.2. The van der Waals surface area contributed by atoms with E-state index in [1.807, 2.05) is 12.1 Å². The van der Waals surface area contributed by atoms with Gasteiger partial charge in [0.1, 0.15) is 10.6 Å². The lowest BCUT2D eigenvalue weighted by atomic mass is 9.89. The Balaban J connectivity index is 1.87. The van der Waals surface area contributed by atoms with Crippen molar-refractivity contribution in [2.75, 3.05) is 12.4 Å². The average molecular weight is 377 g/mol. The molecule has 3 heterocycles. The molecule has 0 aliphatic heterocycles. The van der Waals surface area contributed by atoms with Crippen molar-refractivity contribution < 1.29 is 9.52 Å². The summed E-state index contributed by atoms with van der Waals surface area (Å²) in [5.74, 6) is 1.90. The van der Waals surface area contributed by atoms with Gasteiger partial charge in [0.15, 0.2) is 5.16 Å². The van der Waals surface area contributed by atoms with Crippen molar-refractivity contribution in [1.82, 2.24) is 9.55 Å². The van der Waals surface area contributed by atoms with E-state index in [2.05, 4.69) is 6.92 Å². The molecule has 0 bridgehead atoms. The number of aliphatic hydroxyl groups excluding tert-OH is 1. The summed E-state index contributed by atoms with van der Waals surface area (Å²) in [6, 6.07) is 3.68. The molecular weight excluding hydrogens is 356 g/mol. The first-order valence-corrected chi connectivity index (χ1v) is 10.3. The predicted molar refractivity (Wildman–Crippen MR) is 101 cm³/mol. The van der Waals surface area contributed by atoms with E-state index >= 15 is 0 Å². The van der Waals surface area contributed by atoms with E-state index in [1.165, 1.54) is 22.2 Å². The molecular formula is C18H20N2O3S2. The summed E-state index contributed by atoms with van der Waals surface area (Å²) in [5, 5.41) is 10.6. The molecule has 0 spiro atoms. The molecule has 0 aromatic carbocycles. The second-order valence-electron chi connectivity index (χ2n) is 6.47. The zero-order valence-corrected chi connectivity index (χ0v) is 15.7. The summed E-state index contributed by atoms with van der Waals surface area (Å²) in [6.07, 6.45) is 4.72. The lowest BCUT2D eigenvalue weighted by Gasteiger charge is -2.17. The summed E-state index contributed by atoms with van der Waals surface area (Å²) in [6.45, 7) is 2.68. The predicted octanol–water partition coefficient (Wildman–Crippen LogP) is 3.31. The minimum Gasteiger partial charge on any atom is -0.467 e. The highest BCUT2D eigenvalue weighted by Crippen LogP contribution is 2.36. The molecule has 25 heavy (non-hydrogen) atoms. The van der Waals surface area contributed by atoms with Gasteiger partial charge >= 0.3 is 0 Å². The molecule has 5 nitrogen and oxygen atoms in total. The monoisotopic (exact) mass is 376 g/mol. The molecule has 4 rings (SSSR count). The smallest absolute Gasteiger partial charge is 0.263 e. The van der Waals surface area contributed by atoms with E-state index in [-0.39, 0.29) is 12.2 Å². The van der Waals surface area contributed by atoms with E-state index in [4.69, 9.17) is 14.5 Å². The van der Waals surface area contributed by atoms with E-state index in [0.717, 1.165) is 35.2 Å². The van der Waals surface area contributed by atoms with Crippen LogP contribution in [0, 0.1) is 5.92 Å². The Bertz CT molecular complexity index is 944. The Morgan fingerprint density at radius 1 is 1.52 bits per heavy atom. The summed E-state index contributed by atoms with van der Waals surface area (Å²) >= 11 is 3.07. The van der Waals surface area contributed by atoms with Crippen molar-refractivity contribution in [3.63, 3.8) is 0 Å². The van der Waals surface area contributed by atoms with Crippen molar-refractivity contribution in [3.05, 3.63) is 45.0 Å². The van der Waals surface area contributed by atoms with Crippen LogP contribution in [0.25, 0.3) is 10.2 Å². The number of aryl methyl sites for hydroxylation is 1. The average Bonchev–Trinajstić information content (AvgIpc) is 3.22. The largest absolute Gasteiger partial charge is 0.467 e. The molecule has 0 unspecified atom stereocenters. The molecule has 1 aliphatic rings. The van der Waals surface area contributed by atoms with Crippen LogP contribution in [0.3, 0.4) is 0 Å². The number of aromatic nitrogens is 2. The fourth-order valence-corrected chi connectivity index (χ4v) is 5.51. The number of nitrogens with zero attached hydrogens (tertiary/aromatic N) is 2. The number of rotatable bonds is 5. The number of aliphatic hydroxyl groups is 1. The van der Waals surface area contributed by atoms with Crippen molar-refractivity contribution in [2.24, 2.45) is 5.92 Å². The van der Waals surface area contributed by atoms with Gasteiger partial charge in [-0.15, -0.1) is 11.3 Å². The van der Waals surface area contributed by atoms with Crippen molar-refractivity contribution in [2.45, 2.75) is 37.9 Å². The van der Waals surface area contributed by atoms with Crippen LogP contribution in [-0.4, -0.2) is 27.0 Å². The Labute approximate surface area is 153 Å². The molecule has 1 atom stereocenters. The Kier molecular flexibility index (Phi) is 4.71. The molecule has 0 amide bonds. The van der Waals surface area contributed by atoms with E-state index in [1.54, 1.807) is 22.2 Å². The van der Waals surface area contributed by atoms with Crippen LogP contribution < -0.4 is 5.56 Å². The standard InChI is InChI=1S/C18H20N2O3S2/c1-11-4-5-13-14(9-11)25-16-15(13)17(22)20(10-12-3-2-7-23-12)18(19-16)24-8-6-21/h2-3,7,11,21H,4-6,8-10H2,1H3/t11-/m1/s1. The molecule has 0 radical (unpaired) electrons. The molecule has 1 aliphatic carbocycles. The van der Waals surface area contributed by atoms with Gasteiger partial charge in [0.2, 0.25) is 0 Å². The molecule has 0 saturated carbocycles. The van der Waals surface area contributed by atoms with Gasteiger partial charge in [0.05, 0.1) is 24.8 Å². The molecule has 132 valence electrons. The highest BCUT2D eigenvalue weighted by Gasteiger charge is 2.24. The van der Waals surface area contributed by atoms with Gasteiger partial charge < -0.3 is 9.52 Å². The first kappa shape index (κ1) is 16.9. The maximum atomic E-state index is 13.3. The molecule has 0 fully saturated rings. The zero-order chi connectivity index (χ0) is 17.4. The second kappa shape index (κ2) is 6.97. The zero-order valence-electron chi connectivity index (χ0n) is 14.0. The third kappa shape index (κ3) is 3.16. The summed E-state index contributed by atoms with van der Waals surface area (Å²) < 4.78 is 7.12. The fraction of sp³-hybridized carbons (Fsp3) is 0.444. The topological polar surface area (TPSA) is 68.3 Å². The van der Waals surface area contributed by atoms with Gasteiger partial charge in [0, 0.05) is 10.6 Å². The third-order valence-corrected chi connectivity index (χ3v) is 6.70. The van der Waals surface area contributed by atoms with Gasteiger partial charge in [-0.1, -0.05) is 18.7 Å². The van der Waals surface area contributed by atoms with Crippen LogP contribution in [0.4, 0.5) is 0 Å². The second-order valence-corrected chi connectivity index (χ2v) is 8.61. The maximum Gasteiger partial charge on any atom is 0.263 e. The lowest BCUT2D eigenvalue weighted by Crippen LogP contribution is -2.24. The SMILES string of the molecule is C[C@@H]1CCc2c(sc3nc(SCCO)n(Cc4ccco4)c(=O)c23)C1. The van der Waals surface area contributed by atoms with Crippen molar-refractivity contribution >= 4 is 33.3 Å².